The third kappa shape index (κ3) is 1.99. The molecule has 1 N–H and O–H groups in total. The van der Waals surface area contributed by atoms with Crippen molar-refractivity contribution in [2.75, 3.05) is 12.4 Å². The number of nitrogens with zero attached hydrogens (tertiary/aromatic N) is 1. The number of benzene rings is 2. The maximum absolute atomic E-state index is 6.18. The molecule has 0 aliphatic carbocycles. The van der Waals surface area contributed by atoms with Crippen molar-refractivity contribution >= 4 is 34.6 Å². The summed E-state index contributed by atoms with van der Waals surface area (Å²) in [5.41, 5.74) is 2.05. The van der Waals surface area contributed by atoms with Crippen molar-refractivity contribution in [3.05, 3.63) is 64.7 Å². The van der Waals surface area contributed by atoms with Gasteiger partial charge in [0.1, 0.15) is 0 Å². The molecule has 1 aliphatic heterocycles. The zero-order chi connectivity index (χ0) is 15.0. The van der Waals surface area contributed by atoms with Crippen molar-refractivity contribution in [3.63, 3.8) is 0 Å². The van der Waals surface area contributed by atoms with E-state index in [1.807, 2.05) is 60.5 Å². The summed E-state index contributed by atoms with van der Waals surface area (Å²) in [4.78, 5) is 1.90. The molecule has 2 aromatic carbocycles. The molecule has 0 amide bonds. The van der Waals surface area contributed by atoms with Crippen LogP contribution in [0.25, 0.3) is 0 Å². The minimum atomic E-state index is -0.760. The van der Waals surface area contributed by atoms with Gasteiger partial charge in [-0.1, -0.05) is 47.9 Å². The molecule has 0 saturated heterocycles. The number of hydrogen-bond acceptors (Lipinski definition) is 1. The lowest BCUT2D eigenvalue weighted by Gasteiger charge is -2.45. The summed E-state index contributed by atoms with van der Waals surface area (Å²) < 4.78 is 0. The van der Waals surface area contributed by atoms with Crippen molar-refractivity contribution < 1.29 is 0 Å². The summed E-state index contributed by atoms with van der Waals surface area (Å²) in [6.45, 7) is 0. The van der Waals surface area contributed by atoms with E-state index in [1.165, 1.54) is 0 Å². The molecule has 0 radical (unpaired) electrons. The minimum absolute atomic E-state index is 0.589. The first kappa shape index (κ1) is 13.9. The van der Waals surface area contributed by atoms with Crippen molar-refractivity contribution in [2.24, 2.45) is 0 Å². The molecule has 4 heteroatoms. The van der Waals surface area contributed by atoms with Crippen LogP contribution in [0, 0.1) is 12.3 Å². The average Bonchev–Trinajstić information content (AvgIpc) is 2.51. The van der Waals surface area contributed by atoms with E-state index in [0.717, 1.165) is 16.8 Å². The molecule has 1 aliphatic rings. The van der Waals surface area contributed by atoms with Crippen molar-refractivity contribution in [1.82, 2.24) is 4.90 Å². The van der Waals surface area contributed by atoms with Gasteiger partial charge in [0.25, 0.3) is 0 Å². The summed E-state index contributed by atoms with van der Waals surface area (Å²) in [5.74, 6) is 2.94. The van der Waals surface area contributed by atoms with Gasteiger partial charge >= 0.3 is 0 Å². The Hall–Kier alpha value is -2.02. The molecule has 2 nitrogen and oxygen atoms in total. The lowest BCUT2D eigenvalue weighted by Crippen LogP contribution is -2.52. The number of halogens is 1. The van der Waals surface area contributed by atoms with Gasteiger partial charge < -0.3 is 10.2 Å². The van der Waals surface area contributed by atoms with E-state index in [9.17, 15) is 0 Å². The lowest BCUT2D eigenvalue weighted by atomic mass is 9.80. The largest absolute Gasteiger partial charge is 0.332 e. The second-order valence-electron chi connectivity index (χ2n) is 4.90. The fourth-order valence-electron chi connectivity index (χ4n) is 2.74. The summed E-state index contributed by atoms with van der Waals surface area (Å²) >= 11 is 11.6. The molecule has 0 aromatic heterocycles. The fourth-order valence-corrected chi connectivity index (χ4v) is 3.16. The Bertz CT molecular complexity index is 751. The molecule has 0 bridgehead atoms. The van der Waals surface area contributed by atoms with E-state index < -0.39 is 5.54 Å². The Kier molecular flexibility index (Phi) is 3.36. The average molecular weight is 313 g/mol. The van der Waals surface area contributed by atoms with Gasteiger partial charge in [-0.05, 0) is 36.0 Å². The minimum Gasteiger partial charge on any atom is -0.332 e. The molecule has 3 rings (SSSR count). The SMILES string of the molecule is C#CC1(c2ccccc2)c2cc(Cl)ccc2NC(=S)N1C. The number of nitrogens with one attached hydrogen (secondary N) is 1. The maximum Gasteiger partial charge on any atom is 0.174 e. The maximum atomic E-state index is 6.18. The van der Waals surface area contributed by atoms with Gasteiger partial charge in [-0.25, -0.2) is 0 Å². The Morgan fingerprint density at radius 2 is 1.95 bits per heavy atom. The highest BCUT2D eigenvalue weighted by Gasteiger charge is 2.43. The molecule has 1 unspecified atom stereocenters. The van der Waals surface area contributed by atoms with E-state index in [2.05, 4.69) is 11.2 Å². The van der Waals surface area contributed by atoms with Crippen LogP contribution in [-0.2, 0) is 5.54 Å². The van der Waals surface area contributed by atoms with Crippen LogP contribution in [0.2, 0.25) is 5.02 Å². The van der Waals surface area contributed by atoms with Gasteiger partial charge in [-0.15, -0.1) is 6.42 Å². The molecule has 1 heterocycles. The van der Waals surface area contributed by atoms with Gasteiger partial charge in [0, 0.05) is 23.3 Å². The molecular weight excluding hydrogens is 300 g/mol. The van der Waals surface area contributed by atoms with E-state index in [0.29, 0.717) is 10.1 Å². The summed E-state index contributed by atoms with van der Waals surface area (Å²) in [7, 11) is 1.89. The van der Waals surface area contributed by atoms with E-state index in [4.69, 9.17) is 30.2 Å². The number of anilines is 1. The molecule has 0 fully saturated rings. The van der Waals surface area contributed by atoms with E-state index in [-0.39, 0.29) is 0 Å². The highest BCUT2D eigenvalue weighted by Crippen LogP contribution is 2.43. The van der Waals surface area contributed by atoms with Gasteiger partial charge in [-0.3, -0.25) is 0 Å². The highest BCUT2D eigenvalue weighted by atomic mass is 35.5. The Balaban J connectivity index is 2.36. The van der Waals surface area contributed by atoms with Crippen LogP contribution in [0.5, 0.6) is 0 Å². The number of fused-ring (bicyclic) bond motifs is 1. The third-order valence-corrected chi connectivity index (χ3v) is 4.43. The van der Waals surface area contributed by atoms with Gasteiger partial charge in [0.05, 0.1) is 0 Å². The molecule has 2 aromatic rings. The van der Waals surface area contributed by atoms with Crippen LogP contribution in [0.4, 0.5) is 5.69 Å². The quantitative estimate of drug-likeness (QED) is 0.636. The van der Waals surface area contributed by atoms with Gasteiger partial charge in [-0.2, -0.15) is 0 Å². The standard InChI is InChI=1S/C17H13ClN2S/c1-3-17(12-7-5-4-6-8-12)14-11-13(18)9-10-15(14)19-16(21)20(17)2/h1,4-11H,2H3,(H,19,21). The third-order valence-electron chi connectivity index (χ3n) is 3.82. The van der Waals surface area contributed by atoms with Crippen LogP contribution in [-0.4, -0.2) is 17.1 Å². The van der Waals surface area contributed by atoms with Crippen molar-refractivity contribution in [2.45, 2.75) is 5.54 Å². The van der Waals surface area contributed by atoms with Crippen LogP contribution in [0.1, 0.15) is 11.1 Å². The first-order chi connectivity index (χ1) is 10.1. The molecule has 1 atom stereocenters. The number of rotatable bonds is 1. The number of thiocarbonyl (C=S) groups is 1. The summed E-state index contributed by atoms with van der Waals surface area (Å²) in [6, 6.07) is 15.6. The predicted molar refractivity (Wildman–Crippen MR) is 91.5 cm³/mol. The van der Waals surface area contributed by atoms with Crippen LogP contribution >= 0.6 is 23.8 Å². The molecule has 21 heavy (non-hydrogen) atoms. The van der Waals surface area contributed by atoms with E-state index in [1.54, 1.807) is 0 Å². The van der Waals surface area contributed by atoms with Crippen molar-refractivity contribution in [3.8, 4) is 12.3 Å². The fraction of sp³-hybridized carbons (Fsp3) is 0.118. The highest BCUT2D eigenvalue weighted by molar-refractivity contribution is 7.80. The molecule has 0 saturated carbocycles. The first-order valence-electron chi connectivity index (χ1n) is 6.47. The Morgan fingerprint density at radius 3 is 2.62 bits per heavy atom. The van der Waals surface area contributed by atoms with Crippen molar-refractivity contribution in [1.29, 1.82) is 0 Å². The molecule has 104 valence electrons. The second kappa shape index (κ2) is 5.07. The zero-order valence-electron chi connectivity index (χ0n) is 11.4. The van der Waals surface area contributed by atoms with Crippen LogP contribution < -0.4 is 5.32 Å². The zero-order valence-corrected chi connectivity index (χ0v) is 13.0. The monoisotopic (exact) mass is 312 g/mol. The van der Waals surface area contributed by atoms with Gasteiger partial charge in [0.15, 0.2) is 10.7 Å². The number of terminal acetylenes is 1. The lowest BCUT2D eigenvalue weighted by molar-refractivity contribution is 0.341. The Labute approximate surface area is 134 Å². The topological polar surface area (TPSA) is 15.3 Å². The van der Waals surface area contributed by atoms with Gasteiger partial charge in [0.2, 0.25) is 0 Å². The molecular formula is C17H13ClN2S. The summed E-state index contributed by atoms with van der Waals surface area (Å²) in [5, 5.41) is 4.43. The van der Waals surface area contributed by atoms with Crippen LogP contribution in [0.3, 0.4) is 0 Å². The second-order valence-corrected chi connectivity index (χ2v) is 5.72. The Morgan fingerprint density at radius 1 is 1.24 bits per heavy atom. The first-order valence-corrected chi connectivity index (χ1v) is 7.26. The van der Waals surface area contributed by atoms with Crippen LogP contribution in [0.15, 0.2) is 48.5 Å². The smallest absolute Gasteiger partial charge is 0.174 e. The predicted octanol–water partition coefficient (Wildman–Crippen LogP) is 3.86. The molecule has 0 spiro atoms. The normalized spacial score (nSPS) is 20.4. The summed E-state index contributed by atoms with van der Waals surface area (Å²) in [6.07, 6.45) is 5.97. The number of hydrogen-bond donors (Lipinski definition) is 1. The van der Waals surface area contributed by atoms with E-state index >= 15 is 0 Å².